The van der Waals surface area contributed by atoms with E-state index < -0.39 is 12.1 Å². The fraction of sp³-hybridized carbons (Fsp3) is 0.333. The molecule has 0 aliphatic heterocycles. The van der Waals surface area contributed by atoms with E-state index in [1.807, 2.05) is 19.9 Å². The van der Waals surface area contributed by atoms with Gasteiger partial charge in [0.25, 0.3) is 5.91 Å². The first-order chi connectivity index (χ1) is 11.8. The molecule has 1 heterocycles. The molecule has 1 aromatic carbocycles. The summed E-state index contributed by atoms with van der Waals surface area (Å²) in [5, 5.41) is 3.62. The molecule has 0 aliphatic rings. The number of halogens is 1. The van der Waals surface area contributed by atoms with Gasteiger partial charge in [0.1, 0.15) is 10.8 Å². The van der Waals surface area contributed by atoms with E-state index in [-0.39, 0.29) is 12.5 Å². The number of hydrogen-bond donors (Lipinski definition) is 1. The molecule has 25 heavy (non-hydrogen) atoms. The number of benzene rings is 1. The molecule has 0 spiro atoms. The van der Waals surface area contributed by atoms with Gasteiger partial charge in [-0.3, -0.25) is 4.79 Å². The van der Waals surface area contributed by atoms with E-state index in [4.69, 9.17) is 21.1 Å². The smallest absolute Gasteiger partial charge is 0.341 e. The highest BCUT2D eigenvalue weighted by molar-refractivity contribution is 7.16. The number of esters is 1. The molecule has 1 unspecified atom stereocenters. The molecule has 0 aliphatic carbocycles. The molecule has 1 amide bonds. The molecule has 0 saturated heterocycles. The lowest BCUT2D eigenvalue weighted by Gasteiger charge is -2.16. The molecule has 0 radical (unpaired) electrons. The van der Waals surface area contributed by atoms with Crippen LogP contribution in [-0.4, -0.2) is 24.6 Å². The first-order valence-electron chi connectivity index (χ1n) is 7.83. The van der Waals surface area contributed by atoms with Crippen LogP contribution in [0.4, 0.5) is 5.00 Å². The van der Waals surface area contributed by atoms with Crippen LogP contribution in [0.1, 0.15) is 34.6 Å². The van der Waals surface area contributed by atoms with Crippen LogP contribution in [0.15, 0.2) is 24.3 Å². The summed E-state index contributed by atoms with van der Waals surface area (Å²) in [6.07, 6.45) is -0.781. The maximum atomic E-state index is 12.4. The van der Waals surface area contributed by atoms with Crippen molar-refractivity contribution in [2.75, 3.05) is 11.9 Å². The second-order valence-electron chi connectivity index (χ2n) is 5.50. The third-order valence-corrected chi connectivity index (χ3v) is 4.63. The topological polar surface area (TPSA) is 64.6 Å². The van der Waals surface area contributed by atoms with Crippen LogP contribution in [0.3, 0.4) is 0 Å². The number of thiophene rings is 1. The molecule has 0 fully saturated rings. The van der Waals surface area contributed by atoms with Gasteiger partial charge in [-0.15, -0.1) is 11.3 Å². The number of nitrogens with one attached hydrogen (secondary N) is 1. The van der Waals surface area contributed by atoms with E-state index >= 15 is 0 Å². The lowest BCUT2D eigenvalue weighted by atomic mass is 10.2. The first kappa shape index (κ1) is 19.3. The van der Waals surface area contributed by atoms with Gasteiger partial charge < -0.3 is 14.8 Å². The highest BCUT2D eigenvalue weighted by Gasteiger charge is 2.22. The van der Waals surface area contributed by atoms with Crippen LogP contribution in [-0.2, 0) is 9.53 Å². The second kappa shape index (κ2) is 8.36. The Morgan fingerprint density at radius 1 is 1.28 bits per heavy atom. The molecule has 1 aromatic heterocycles. The summed E-state index contributed by atoms with van der Waals surface area (Å²) in [7, 11) is 0. The van der Waals surface area contributed by atoms with Gasteiger partial charge in [-0.25, -0.2) is 4.79 Å². The number of carbonyl (C=O) groups is 2. The fourth-order valence-corrected chi connectivity index (χ4v) is 3.19. The Labute approximate surface area is 155 Å². The standard InChI is InChI=1S/C18H20ClNO4S/c1-5-23-18(22)13-9-11(3)25-17(13)20-16(21)12(4)24-15-8-10(2)6-7-14(15)19/h6-9,12H,5H2,1-4H3,(H,20,21). The van der Waals surface area contributed by atoms with Gasteiger partial charge in [0.05, 0.1) is 17.2 Å². The van der Waals surface area contributed by atoms with Gasteiger partial charge in [0.2, 0.25) is 0 Å². The zero-order valence-electron chi connectivity index (χ0n) is 14.5. The van der Waals surface area contributed by atoms with E-state index in [0.717, 1.165) is 10.4 Å². The number of ether oxygens (including phenoxy) is 2. The maximum Gasteiger partial charge on any atom is 0.341 e. The molecule has 2 rings (SSSR count). The largest absolute Gasteiger partial charge is 0.479 e. The average Bonchev–Trinajstić information content (AvgIpc) is 2.91. The van der Waals surface area contributed by atoms with Gasteiger partial charge in [0.15, 0.2) is 6.10 Å². The summed E-state index contributed by atoms with van der Waals surface area (Å²) in [4.78, 5) is 25.3. The fourth-order valence-electron chi connectivity index (χ4n) is 2.13. The average molecular weight is 382 g/mol. The third-order valence-electron chi connectivity index (χ3n) is 3.35. The highest BCUT2D eigenvalue weighted by Crippen LogP contribution is 2.29. The first-order valence-corrected chi connectivity index (χ1v) is 9.02. The van der Waals surface area contributed by atoms with Crippen LogP contribution < -0.4 is 10.1 Å². The molecule has 5 nitrogen and oxygen atoms in total. The lowest BCUT2D eigenvalue weighted by Crippen LogP contribution is -2.30. The van der Waals surface area contributed by atoms with E-state index in [1.54, 1.807) is 32.0 Å². The van der Waals surface area contributed by atoms with E-state index in [9.17, 15) is 9.59 Å². The highest BCUT2D eigenvalue weighted by atomic mass is 35.5. The number of aryl methyl sites for hydroxylation is 2. The molecule has 1 atom stereocenters. The minimum atomic E-state index is -0.781. The minimum absolute atomic E-state index is 0.270. The van der Waals surface area contributed by atoms with Crippen molar-refractivity contribution in [2.45, 2.75) is 33.8 Å². The quantitative estimate of drug-likeness (QED) is 0.742. The molecule has 7 heteroatoms. The van der Waals surface area contributed by atoms with E-state index in [2.05, 4.69) is 5.32 Å². The van der Waals surface area contributed by atoms with Crippen LogP contribution in [0.2, 0.25) is 5.02 Å². The zero-order chi connectivity index (χ0) is 18.6. The Bertz CT molecular complexity index is 787. The molecular formula is C18H20ClNO4S. The Kier molecular flexibility index (Phi) is 6.45. The van der Waals surface area contributed by atoms with Crippen molar-refractivity contribution in [1.29, 1.82) is 0 Å². The predicted octanol–water partition coefficient (Wildman–Crippen LogP) is 4.60. The van der Waals surface area contributed by atoms with Crippen molar-refractivity contribution in [3.8, 4) is 5.75 Å². The molecule has 0 bridgehead atoms. The van der Waals surface area contributed by atoms with Gasteiger partial charge in [0, 0.05) is 4.88 Å². The molecular weight excluding hydrogens is 362 g/mol. The van der Waals surface area contributed by atoms with Crippen molar-refractivity contribution in [3.63, 3.8) is 0 Å². The van der Waals surface area contributed by atoms with Crippen LogP contribution in [0.25, 0.3) is 0 Å². The molecule has 2 aromatic rings. The Morgan fingerprint density at radius 3 is 2.68 bits per heavy atom. The number of rotatable bonds is 6. The minimum Gasteiger partial charge on any atom is -0.479 e. The lowest BCUT2D eigenvalue weighted by molar-refractivity contribution is -0.122. The number of carbonyl (C=O) groups excluding carboxylic acids is 2. The Balaban J connectivity index is 2.11. The molecule has 0 saturated carbocycles. The van der Waals surface area contributed by atoms with Gasteiger partial charge in [-0.1, -0.05) is 17.7 Å². The zero-order valence-corrected chi connectivity index (χ0v) is 16.1. The van der Waals surface area contributed by atoms with Crippen molar-refractivity contribution in [3.05, 3.63) is 45.3 Å². The summed E-state index contributed by atoms with van der Waals surface area (Å²) in [5.41, 5.74) is 1.32. The molecule has 1 N–H and O–H groups in total. The summed E-state index contributed by atoms with van der Waals surface area (Å²) in [5.74, 6) is -0.389. The third kappa shape index (κ3) is 4.96. The summed E-state index contributed by atoms with van der Waals surface area (Å²) in [6.45, 7) is 7.39. The van der Waals surface area contributed by atoms with Crippen molar-refractivity contribution >= 4 is 39.8 Å². The van der Waals surface area contributed by atoms with E-state index in [0.29, 0.717) is 21.3 Å². The SMILES string of the molecule is CCOC(=O)c1cc(C)sc1NC(=O)C(C)Oc1cc(C)ccc1Cl. The van der Waals surface area contributed by atoms with Gasteiger partial charge in [-0.05, 0) is 51.5 Å². The summed E-state index contributed by atoms with van der Waals surface area (Å²) in [6, 6.07) is 7.05. The summed E-state index contributed by atoms with van der Waals surface area (Å²) >= 11 is 7.41. The van der Waals surface area contributed by atoms with Crippen molar-refractivity contribution < 1.29 is 19.1 Å². The maximum absolute atomic E-state index is 12.4. The van der Waals surface area contributed by atoms with Gasteiger partial charge >= 0.3 is 5.97 Å². The summed E-state index contributed by atoms with van der Waals surface area (Å²) < 4.78 is 10.7. The van der Waals surface area contributed by atoms with Crippen molar-refractivity contribution in [2.24, 2.45) is 0 Å². The number of anilines is 1. The van der Waals surface area contributed by atoms with Gasteiger partial charge in [-0.2, -0.15) is 0 Å². The van der Waals surface area contributed by atoms with Crippen LogP contribution in [0.5, 0.6) is 5.75 Å². The number of hydrogen-bond acceptors (Lipinski definition) is 5. The monoisotopic (exact) mass is 381 g/mol. The Hall–Kier alpha value is -2.05. The predicted molar refractivity (Wildman–Crippen MR) is 99.9 cm³/mol. The van der Waals surface area contributed by atoms with Crippen molar-refractivity contribution in [1.82, 2.24) is 0 Å². The Morgan fingerprint density at radius 2 is 2.00 bits per heavy atom. The second-order valence-corrected chi connectivity index (χ2v) is 7.17. The van der Waals surface area contributed by atoms with Crippen LogP contribution in [0, 0.1) is 13.8 Å². The molecule has 134 valence electrons. The number of amides is 1. The van der Waals surface area contributed by atoms with Crippen LogP contribution >= 0.6 is 22.9 Å². The van der Waals surface area contributed by atoms with E-state index in [1.165, 1.54) is 11.3 Å². The normalized spacial score (nSPS) is 11.7.